The van der Waals surface area contributed by atoms with Gasteiger partial charge in [0.2, 0.25) is 0 Å². The van der Waals surface area contributed by atoms with E-state index in [-0.39, 0.29) is 5.41 Å². The van der Waals surface area contributed by atoms with E-state index >= 15 is 0 Å². The molecular weight excluding hydrogens is 274 g/mol. The summed E-state index contributed by atoms with van der Waals surface area (Å²) in [7, 11) is 0. The van der Waals surface area contributed by atoms with Crippen molar-refractivity contribution in [2.45, 2.75) is 45.2 Å². The fraction of sp³-hybridized carbons (Fsp3) is 0.833. The number of fused-ring (bicyclic) bond motifs is 1. The van der Waals surface area contributed by atoms with Crippen LogP contribution in [0.4, 0.5) is 4.39 Å². The fourth-order valence-electron chi connectivity index (χ4n) is 3.46. The maximum absolute atomic E-state index is 14.0. The van der Waals surface area contributed by atoms with Crippen molar-refractivity contribution in [3.8, 4) is 0 Å². The van der Waals surface area contributed by atoms with Crippen LogP contribution in [-0.4, -0.2) is 17.2 Å². The summed E-state index contributed by atoms with van der Waals surface area (Å²) in [6.07, 6.45) is 6.58. The maximum atomic E-state index is 14.0. The van der Waals surface area contributed by atoms with E-state index in [1.807, 2.05) is 6.08 Å². The van der Waals surface area contributed by atoms with Crippen LogP contribution in [0.3, 0.4) is 0 Å². The lowest BCUT2D eigenvalue weighted by atomic mass is 9.66. The third kappa shape index (κ3) is 2.97. The zero-order valence-electron chi connectivity index (χ0n) is 10.1. The monoisotopic (exact) mass is 294 g/mol. The highest BCUT2D eigenvalue weighted by atomic mass is 32.9. The second kappa shape index (κ2) is 4.96. The number of allylic oxidation sites excluding steroid dienone is 2. The third-order valence-corrected chi connectivity index (χ3v) is 6.04. The Labute approximate surface area is 113 Å². The van der Waals surface area contributed by atoms with Gasteiger partial charge in [0.1, 0.15) is 11.6 Å². The number of rotatable bonds is 2. The molecule has 0 aromatic carbocycles. The molecule has 0 spiro atoms. The molecule has 17 heavy (non-hydrogen) atoms. The molecular formula is C12H20FOPS2. The molecule has 2 saturated carbocycles. The summed E-state index contributed by atoms with van der Waals surface area (Å²) in [5.74, 6) is 0.362. The molecule has 3 unspecified atom stereocenters. The van der Waals surface area contributed by atoms with E-state index < -0.39 is 11.6 Å². The van der Waals surface area contributed by atoms with Gasteiger partial charge in [0.25, 0.3) is 0 Å². The predicted octanol–water partition coefficient (Wildman–Crippen LogP) is 4.08. The van der Waals surface area contributed by atoms with E-state index in [9.17, 15) is 9.28 Å². The zero-order chi connectivity index (χ0) is 12.7. The van der Waals surface area contributed by atoms with Crippen molar-refractivity contribution < 1.29 is 9.28 Å². The molecule has 1 nitrogen and oxygen atoms in total. The van der Waals surface area contributed by atoms with Gasteiger partial charge in [-0.2, -0.15) is 0 Å². The van der Waals surface area contributed by atoms with Crippen molar-refractivity contribution in [2.75, 3.05) is 6.16 Å². The normalized spacial score (nSPS) is 43.4. The van der Waals surface area contributed by atoms with Crippen LogP contribution in [0.25, 0.3) is 0 Å². The topological polar surface area (TPSA) is 20.2 Å². The van der Waals surface area contributed by atoms with Gasteiger partial charge in [-0.05, 0) is 38.0 Å². The van der Waals surface area contributed by atoms with Crippen molar-refractivity contribution in [3.63, 3.8) is 0 Å². The van der Waals surface area contributed by atoms with Crippen molar-refractivity contribution in [2.24, 2.45) is 11.3 Å². The molecule has 4 atom stereocenters. The number of alkyl halides is 1. The van der Waals surface area contributed by atoms with Crippen LogP contribution in [-0.2, 0) is 11.8 Å². The largest absolute Gasteiger partial charge is 0.357 e. The van der Waals surface area contributed by atoms with E-state index in [1.54, 1.807) is 0 Å². The summed E-state index contributed by atoms with van der Waals surface area (Å²) < 4.78 is 14.0. The Balaban J connectivity index is 2.17. The highest BCUT2D eigenvalue weighted by Gasteiger charge is 2.49. The maximum Gasteiger partial charge on any atom is 0.117 e. The molecule has 0 aromatic rings. The molecule has 2 rings (SSSR count). The van der Waals surface area contributed by atoms with Crippen LogP contribution in [0, 0.1) is 11.3 Å². The molecule has 2 aliphatic carbocycles. The molecule has 0 saturated heterocycles. The van der Waals surface area contributed by atoms with Gasteiger partial charge in [-0.3, -0.25) is 0 Å². The first-order valence-corrected chi connectivity index (χ1v) is 10.3. The van der Waals surface area contributed by atoms with Crippen LogP contribution in [0.2, 0.25) is 0 Å². The van der Waals surface area contributed by atoms with Crippen molar-refractivity contribution in [3.05, 3.63) is 11.6 Å². The molecule has 98 valence electrons. The summed E-state index contributed by atoms with van der Waals surface area (Å²) in [5.41, 5.74) is -1.30. The van der Waals surface area contributed by atoms with Gasteiger partial charge in [-0.1, -0.05) is 30.4 Å². The summed E-state index contributed by atoms with van der Waals surface area (Å²) in [6, 6.07) is 0. The number of thiol groups is 1. The second-order valence-corrected chi connectivity index (χ2v) is 11.9. The predicted molar refractivity (Wildman–Crippen MR) is 78.0 cm³/mol. The van der Waals surface area contributed by atoms with E-state index in [1.165, 1.54) is 5.57 Å². The van der Waals surface area contributed by atoms with E-state index in [0.29, 0.717) is 18.5 Å². The van der Waals surface area contributed by atoms with Gasteiger partial charge >= 0.3 is 0 Å². The Morgan fingerprint density at radius 3 is 3.00 bits per heavy atom. The molecule has 0 bridgehead atoms. The SMILES string of the molecule is CC12CCC/C(=C\CP(O)(=S)S)[C@@H]1CCC2F. The molecule has 2 aliphatic rings. The molecule has 1 N–H and O–H groups in total. The van der Waals surface area contributed by atoms with Crippen LogP contribution >= 0.6 is 17.7 Å². The van der Waals surface area contributed by atoms with Crippen LogP contribution in [0.5, 0.6) is 0 Å². The van der Waals surface area contributed by atoms with Gasteiger partial charge in [0, 0.05) is 11.6 Å². The van der Waals surface area contributed by atoms with E-state index in [4.69, 9.17) is 11.8 Å². The molecule has 0 heterocycles. The lowest BCUT2D eigenvalue weighted by Crippen LogP contribution is -2.34. The number of hydrogen-bond donors (Lipinski definition) is 2. The number of hydrogen-bond acceptors (Lipinski definition) is 1. The first-order valence-electron chi connectivity index (χ1n) is 6.20. The molecule has 0 amide bonds. The minimum absolute atomic E-state index is 0.168. The van der Waals surface area contributed by atoms with Gasteiger partial charge in [0.15, 0.2) is 0 Å². The van der Waals surface area contributed by atoms with Crippen LogP contribution in [0.15, 0.2) is 11.6 Å². The Kier molecular flexibility index (Phi) is 4.10. The summed E-state index contributed by atoms with van der Waals surface area (Å²) >= 11 is 8.99. The average Bonchev–Trinajstić information content (AvgIpc) is 2.52. The molecule has 0 aliphatic heterocycles. The first-order chi connectivity index (χ1) is 7.83. The lowest BCUT2D eigenvalue weighted by Gasteiger charge is -2.39. The highest BCUT2D eigenvalue weighted by Crippen LogP contribution is 2.56. The lowest BCUT2D eigenvalue weighted by molar-refractivity contribution is 0.0984. The molecule has 5 heteroatoms. The summed E-state index contributed by atoms with van der Waals surface area (Å²) in [5, 5.41) is 0. The van der Waals surface area contributed by atoms with Crippen LogP contribution < -0.4 is 0 Å². The standard InChI is InChI=1S/C12H20FOPS2/c1-12-7-2-3-9(6-8-15(14,16)17)10(12)4-5-11(12)13/h6,10-11H,2-5,7-8H2,1H3,(H2,14,16,17)/b9-6+/t10-,11?,12?/m0/s1. The molecule has 0 aromatic heterocycles. The minimum atomic E-state index is -2.45. The second-order valence-electron chi connectivity index (χ2n) is 5.58. The average molecular weight is 294 g/mol. The van der Waals surface area contributed by atoms with Crippen molar-refractivity contribution in [1.29, 1.82) is 0 Å². The molecule has 0 radical (unpaired) electrons. The van der Waals surface area contributed by atoms with E-state index in [2.05, 4.69) is 19.2 Å². The van der Waals surface area contributed by atoms with Gasteiger partial charge in [0.05, 0.1) is 0 Å². The number of halogens is 1. The Hall–Kier alpha value is 0.630. The smallest absolute Gasteiger partial charge is 0.117 e. The van der Waals surface area contributed by atoms with Gasteiger partial charge in [-0.25, -0.2) is 4.39 Å². The first kappa shape index (κ1) is 14.0. The summed E-state index contributed by atoms with van der Waals surface area (Å²) in [4.78, 5) is 9.58. The van der Waals surface area contributed by atoms with E-state index in [0.717, 1.165) is 25.7 Å². The fourth-order valence-corrected chi connectivity index (χ4v) is 4.40. The Morgan fingerprint density at radius 2 is 2.35 bits per heavy atom. The quantitative estimate of drug-likeness (QED) is 0.454. The van der Waals surface area contributed by atoms with Crippen molar-refractivity contribution in [1.82, 2.24) is 0 Å². The minimum Gasteiger partial charge on any atom is -0.357 e. The Bertz CT molecular complexity index is 379. The highest BCUT2D eigenvalue weighted by molar-refractivity contribution is 8.61. The molecule has 2 fully saturated rings. The van der Waals surface area contributed by atoms with Gasteiger partial charge < -0.3 is 4.89 Å². The summed E-state index contributed by atoms with van der Waals surface area (Å²) in [6.45, 7) is 2.08. The Morgan fingerprint density at radius 1 is 1.65 bits per heavy atom. The zero-order valence-corrected chi connectivity index (χ0v) is 12.7. The third-order valence-electron chi connectivity index (χ3n) is 4.44. The van der Waals surface area contributed by atoms with Crippen LogP contribution in [0.1, 0.15) is 39.0 Å². The van der Waals surface area contributed by atoms with Gasteiger partial charge in [-0.15, -0.1) is 12.2 Å². The van der Waals surface area contributed by atoms with Crippen molar-refractivity contribution >= 4 is 29.5 Å².